The van der Waals surface area contributed by atoms with Crippen LogP contribution >= 0.6 is 23.2 Å². The second-order valence-electron chi connectivity index (χ2n) is 4.69. The van der Waals surface area contributed by atoms with E-state index in [-0.39, 0.29) is 6.04 Å². The molecule has 0 aromatic heterocycles. The third-order valence-corrected chi connectivity index (χ3v) is 3.00. The van der Waals surface area contributed by atoms with Gasteiger partial charge >= 0.3 is 0 Å². The van der Waals surface area contributed by atoms with Gasteiger partial charge < -0.3 is 4.74 Å². The minimum absolute atomic E-state index is 0.253. The van der Waals surface area contributed by atoms with Gasteiger partial charge in [-0.25, -0.2) is 4.99 Å². The van der Waals surface area contributed by atoms with Crippen LogP contribution in [0.15, 0.2) is 23.2 Å². The predicted octanol–water partition coefficient (Wildman–Crippen LogP) is 4.18. The van der Waals surface area contributed by atoms with E-state index in [1.807, 2.05) is 12.1 Å². The molecule has 0 saturated heterocycles. The van der Waals surface area contributed by atoms with E-state index >= 15 is 0 Å². The van der Waals surface area contributed by atoms with Gasteiger partial charge in [-0.2, -0.15) is 0 Å². The third kappa shape index (κ3) is 3.36. The SMILES string of the molecule is CC(C)C[C@@H]1COC(c2cc(Cl)cc(Cl)c2)=N1. The molecule has 1 aromatic carbocycles. The lowest BCUT2D eigenvalue weighted by Crippen LogP contribution is -2.09. The van der Waals surface area contributed by atoms with Gasteiger partial charge in [0.15, 0.2) is 0 Å². The summed E-state index contributed by atoms with van der Waals surface area (Å²) in [7, 11) is 0. The van der Waals surface area contributed by atoms with Crippen molar-refractivity contribution in [3.05, 3.63) is 33.8 Å². The van der Waals surface area contributed by atoms with Gasteiger partial charge in [-0.15, -0.1) is 0 Å². The number of halogens is 2. The van der Waals surface area contributed by atoms with Gasteiger partial charge in [0.1, 0.15) is 6.61 Å². The highest BCUT2D eigenvalue weighted by Crippen LogP contribution is 2.23. The van der Waals surface area contributed by atoms with Crippen molar-refractivity contribution in [3.8, 4) is 0 Å². The molecule has 4 heteroatoms. The van der Waals surface area contributed by atoms with Crippen LogP contribution in [-0.2, 0) is 4.74 Å². The van der Waals surface area contributed by atoms with Gasteiger partial charge in [0.25, 0.3) is 0 Å². The predicted molar refractivity (Wildman–Crippen MR) is 72.2 cm³/mol. The zero-order valence-electron chi connectivity index (χ0n) is 9.91. The summed E-state index contributed by atoms with van der Waals surface area (Å²) >= 11 is 11.9. The molecule has 0 fully saturated rings. The lowest BCUT2D eigenvalue weighted by molar-refractivity contribution is 0.301. The smallest absolute Gasteiger partial charge is 0.216 e. The molecule has 1 atom stereocenters. The molecule has 0 radical (unpaired) electrons. The first-order valence-corrected chi connectivity index (χ1v) is 6.47. The van der Waals surface area contributed by atoms with Crippen molar-refractivity contribution in [2.24, 2.45) is 10.9 Å². The maximum atomic E-state index is 5.95. The molecule has 1 aliphatic heterocycles. The fourth-order valence-electron chi connectivity index (χ4n) is 1.92. The van der Waals surface area contributed by atoms with E-state index in [1.165, 1.54) is 0 Å². The van der Waals surface area contributed by atoms with Gasteiger partial charge in [0, 0.05) is 15.6 Å². The van der Waals surface area contributed by atoms with Crippen molar-refractivity contribution >= 4 is 29.1 Å². The van der Waals surface area contributed by atoms with E-state index in [0.29, 0.717) is 28.5 Å². The average molecular weight is 272 g/mol. The van der Waals surface area contributed by atoms with Crippen molar-refractivity contribution < 1.29 is 4.74 Å². The summed E-state index contributed by atoms with van der Waals surface area (Å²) in [5, 5.41) is 1.21. The summed E-state index contributed by atoms with van der Waals surface area (Å²) in [5.74, 6) is 1.27. The van der Waals surface area contributed by atoms with E-state index in [2.05, 4.69) is 18.8 Å². The van der Waals surface area contributed by atoms with Crippen LogP contribution in [0.25, 0.3) is 0 Å². The van der Waals surface area contributed by atoms with Crippen molar-refractivity contribution in [1.29, 1.82) is 0 Å². The Morgan fingerprint density at radius 2 is 1.94 bits per heavy atom. The highest BCUT2D eigenvalue weighted by atomic mass is 35.5. The van der Waals surface area contributed by atoms with Gasteiger partial charge in [-0.3, -0.25) is 0 Å². The molecule has 0 aliphatic carbocycles. The molecule has 1 heterocycles. The van der Waals surface area contributed by atoms with Crippen LogP contribution in [0.4, 0.5) is 0 Å². The van der Waals surface area contributed by atoms with E-state index in [4.69, 9.17) is 27.9 Å². The summed E-state index contributed by atoms with van der Waals surface area (Å²) in [4.78, 5) is 4.56. The Balaban J connectivity index is 2.18. The Kier molecular flexibility index (Phi) is 3.95. The minimum Gasteiger partial charge on any atom is -0.475 e. The fourth-order valence-corrected chi connectivity index (χ4v) is 2.44. The molecule has 0 spiro atoms. The van der Waals surface area contributed by atoms with Crippen LogP contribution in [-0.4, -0.2) is 18.5 Å². The molecule has 0 amide bonds. The van der Waals surface area contributed by atoms with E-state index in [0.717, 1.165) is 12.0 Å². The number of benzene rings is 1. The second kappa shape index (κ2) is 5.28. The van der Waals surface area contributed by atoms with Gasteiger partial charge in [0.2, 0.25) is 5.90 Å². The van der Waals surface area contributed by atoms with E-state index in [1.54, 1.807) is 6.07 Å². The van der Waals surface area contributed by atoms with Crippen molar-refractivity contribution in [2.75, 3.05) is 6.61 Å². The molecule has 2 nitrogen and oxygen atoms in total. The first-order chi connectivity index (χ1) is 8.04. The number of hydrogen-bond donors (Lipinski definition) is 0. The average Bonchev–Trinajstić information content (AvgIpc) is 2.63. The van der Waals surface area contributed by atoms with Gasteiger partial charge in [0.05, 0.1) is 6.04 Å². The second-order valence-corrected chi connectivity index (χ2v) is 5.56. The molecule has 0 saturated carbocycles. The first kappa shape index (κ1) is 12.7. The summed E-state index contributed by atoms with van der Waals surface area (Å²) in [5.41, 5.74) is 0.855. The van der Waals surface area contributed by atoms with Crippen molar-refractivity contribution in [3.63, 3.8) is 0 Å². The van der Waals surface area contributed by atoms with Crippen LogP contribution < -0.4 is 0 Å². The molecule has 2 rings (SSSR count). The van der Waals surface area contributed by atoms with Crippen LogP contribution in [0.5, 0.6) is 0 Å². The summed E-state index contributed by atoms with van der Waals surface area (Å²) < 4.78 is 5.60. The molecule has 17 heavy (non-hydrogen) atoms. The Labute approximate surface area is 112 Å². The van der Waals surface area contributed by atoms with Crippen LogP contribution in [0.3, 0.4) is 0 Å². The van der Waals surface area contributed by atoms with E-state index < -0.39 is 0 Å². The molecular formula is C13H15Cl2NO. The maximum absolute atomic E-state index is 5.95. The van der Waals surface area contributed by atoms with Crippen LogP contribution in [0, 0.1) is 5.92 Å². The molecule has 92 valence electrons. The number of ether oxygens (including phenoxy) is 1. The Morgan fingerprint density at radius 3 is 2.53 bits per heavy atom. The largest absolute Gasteiger partial charge is 0.475 e. The standard InChI is InChI=1S/C13H15Cl2NO/c1-8(2)3-12-7-17-13(16-12)9-4-10(14)6-11(15)5-9/h4-6,8,12H,3,7H2,1-2H3/t12-/m1/s1. The first-order valence-electron chi connectivity index (χ1n) is 5.71. The number of nitrogens with zero attached hydrogens (tertiary/aromatic N) is 1. The molecule has 1 aromatic rings. The fraction of sp³-hybridized carbons (Fsp3) is 0.462. The zero-order chi connectivity index (χ0) is 12.4. The van der Waals surface area contributed by atoms with Crippen LogP contribution in [0.1, 0.15) is 25.8 Å². The summed E-state index contributed by atoms with van der Waals surface area (Å²) in [6.07, 6.45) is 1.04. The highest BCUT2D eigenvalue weighted by molar-refractivity contribution is 6.35. The van der Waals surface area contributed by atoms with Crippen molar-refractivity contribution in [2.45, 2.75) is 26.3 Å². The molecule has 0 N–H and O–H groups in total. The minimum atomic E-state index is 0.253. The zero-order valence-corrected chi connectivity index (χ0v) is 11.4. The lowest BCUT2D eigenvalue weighted by atomic mass is 10.1. The van der Waals surface area contributed by atoms with Crippen LogP contribution in [0.2, 0.25) is 10.0 Å². The molecule has 1 aliphatic rings. The van der Waals surface area contributed by atoms with E-state index in [9.17, 15) is 0 Å². The Hall–Kier alpha value is -0.730. The molecule has 0 bridgehead atoms. The maximum Gasteiger partial charge on any atom is 0.216 e. The van der Waals surface area contributed by atoms with Gasteiger partial charge in [-0.1, -0.05) is 37.0 Å². The van der Waals surface area contributed by atoms with Gasteiger partial charge in [-0.05, 0) is 30.5 Å². The number of aliphatic imine (C=N–C) groups is 1. The molecule has 0 unspecified atom stereocenters. The van der Waals surface area contributed by atoms with Crippen molar-refractivity contribution in [1.82, 2.24) is 0 Å². The Bertz CT molecular complexity index is 423. The Morgan fingerprint density at radius 1 is 1.29 bits per heavy atom. The number of hydrogen-bond acceptors (Lipinski definition) is 2. The monoisotopic (exact) mass is 271 g/mol. The highest BCUT2D eigenvalue weighted by Gasteiger charge is 2.21. The third-order valence-electron chi connectivity index (χ3n) is 2.57. The lowest BCUT2D eigenvalue weighted by Gasteiger charge is -2.06. The topological polar surface area (TPSA) is 21.6 Å². The molecular weight excluding hydrogens is 257 g/mol. The summed E-state index contributed by atoms with van der Waals surface area (Å²) in [6, 6.07) is 5.60. The quantitative estimate of drug-likeness (QED) is 0.808. The number of rotatable bonds is 3. The summed E-state index contributed by atoms with van der Waals surface area (Å²) in [6.45, 7) is 5.02. The normalized spacial score (nSPS) is 19.4.